The second-order valence-corrected chi connectivity index (χ2v) is 3.21. The third-order valence-corrected chi connectivity index (χ3v) is 2.04. The van der Waals surface area contributed by atoms with Gasteiger partial charge in [0, 0.05) is 0 Å². The van der Waals surface area contributed by atoms with Crippen molar-refractivity contribution in [2.75, 3.05) is 7.11 Å². The lowest BCUT2D eigenvalue weighted by molar-refractivity contribution is -0.139. The van der Waals surface area contributed by atoms with E-state index in [4.69, 9.17) is 5.26 Å². The van der Waals surface area contributed by atoms with Crippen LogP contribution in [0.2, 0.25) is 0 Å². The van der Waals surface area contributed by atoms with Crippen LogP contribution in [-0.2, 0) is 12.6 Å². The normalized spacial score (nSPS) is 11.4. The summed E-state index contributed by atoms with van der Waals surface area (Å²) in [5.74, 6) is -0.701. The molecule has 18 heavy (non-hydrogen) atoms. The molecular formula is C10H7F5N2O. The molecule has 0 saturated carbocycles. The van der Waals surface area contributed by atoms with Crippen molar-refractivity contribution >= 4 is 0 Å². The first-order valence-electron chi connectivity index (χ1n) is 4.61. The zero-order valence-electron chi connectivity index (χ0n) is 9.05. The zero-order valence-corrected chi connectivity index (χ0v) is 9.05. The van der Waals surface area contributed by atoms with Crippen LogP contribution >= 0.6 is 0 Å². The highest BCUT2D eigenvalue weighted by molar-refractivity contribution is 5.42. The molecule has 0 unspecified atom stereocenters. The van der Waals surface area contributed by atoms with E-state index < -0.39 is 41.7 Å². The third-order valence-electron chi connectivity index (χ3n) is 2.04. The number of pyridine rings is 1. The van der Waals surface area contributed by atoms with Crippen LogP contribution in [0.5, 0.6) is 5.75 Å². The summed E-state index contributed by atoms with van der Waals surface area (Å²) >= 11 is 0. The van der Waals surface area contributed by atoms with E-state index in [2.05, 4.69) is 9.72 Å². The second-order valence-electron chi connectivity index (χ2n) is 3.21. The molecule has 1 aromatic rings. The van der Waals surface area contributed by atoms with Crippen molar-refractivity contribution in [3.05, 3.63) is 23.0 Å². The van der Waals surface area contributed by atoms with Gasteiger partial charge in [-0.25, -0.2) is 13.8 Å². The van der Waals surface area contributed by atoms with E-state index in [0.29, 0.717) is 0 Å². The molecule has 8 heteroatoms. The van der Waals surface area contributed by atoms with Crippen LogP contribution in [0.25, 0.3) is 0 Å². The van der Waals surface area contributed by atoms with Gasteiger partial charge in [0.1, 0.15) is 11.3 Å². The first-order valence-corrected chi connectivity index (χ1v) is 4.61. The largest absolute Gasteiger partial charge is 0.494 e. The minimum absolute atomic E-state index is 0.227. The molecule has 1 rings (SSSR count). The molecule has 0 aliphatic carbocycles. The molecule has 0 N–H and O–H groups in total. The molecule has 0 aliphatic rings. The molecule has 3 nitrogen and oxygen atoms in total. The Hall–Kier alpha value is -1.91. The van der Waals surface area contributed by atoms with E-state index in [1.54, 1.807) is 6.07 Å². The maximum absolute atomic E-state index is 12.7. The average molecular weight is 266 g/mol. The Balaban J connectivity index is 3.52. The number of aromatic nitrogens is 1. The number of hydrogen-bond acceptors (Lipinski definition) is 3. The number of alkyl halides is 5. The molecule has 0 bridgehead atoms. The Kier molecular flexibility index (Phi) is 4.06. The highest BCUT2D eigenvalue weighted by Crippen LogP contribution is 2.39. The van der Waals surface area contributed by atoms with Gasteiger partial charge in [-0.05, 0) is 6.07 Å². The lowest BCUT2D eigenvalue weighted by atomic mass is 10.1. The number of hydrogen-bond donors (Lipinski definition) is 0. The monoisotopic (exact) mass is 266 g/mol. The van der Waals surface area contributed by atoms with Gasteiger partial charge >= 0.3 is 6.18 Å². The Morgan fingerprint density at radius 2 is 2.06 bits per heavy atom. The fourth-order valence-electron chi connectivity index (χ4n) is 1.35. The van der Waals surface area contributed by atoms with Crippen molar-refractivity contribution in [1.82, 2.24) is 4.98 Å². The van der Waals surface area contributed by atoms with Gasteiger partial charge in [-0.3, -0.25) is 0 Å². The molecule has 98 valence electrons. The van der Waals surface area contributed by atoms with E-state index in [1.807, 2.05) is 0 Å². The fourth-order valence-corrected chi connectivity index (χ4v) is 1.35. The summed E-state index contributed by atoms with van der Waals surface area (Å²) in [6.07, 6.45) is -8.57. The van der Waals surface area contributed by atoms with Gasteiger partial charge < -0.3 is 4.74 Å². The molecule has 0 aromatic carbocycles. The molecule has 0 spiro atoms. The summed E-state index contributed by atoms with van der Waals surface area (Å²) in [7, 11) is 0.954. The Morgan fingerprint density at radius 3 is 2.44 bits per heavy atom. The molecule has 0 amide bonds. The average Bonchev–Trinajstić information content (AvgIpc) is 2.27. The molecule has 0 atom stereocenters. The summed E-state index contributed by atoms with van der Waals surface area (Å²) in [6.45, 7) is 0. The van der Waals surface area contributed by atoms with Gasteiger partial charge in [-0.1, -0.05) is 0 Å². The third kappa shape index (κ3) is 2.85. The maximum atomic E-state index is 12.7. The number of halogens is 5. The van der Waals surface area contributed by atoms with E-state index in [9.17, 15) is 22.0 Å². The molecule has 1 heterocycles. The van der Waals surface area contributed by atoms with Crippen molar-refractivity contribution in [3.8, 4) is 11.8 Å². The Morgan fingerprint density at radius 1 is 1.44 bits per heavy atom. The summed E-state index contributed by atoms with van der Waals surface area (Å²) in [4.78, 5) is 3.31. The van der Waals surface area contributed by atoms with E-state index in [0.717, 1.165) is 7.11 Å². The number of ether oxygens (including phenoxy) is 1. The summed E-state index contributed by atoms with van der Waals surface area (Å²) in [5, 5.41) is 8.45. The summed E-state index contributed by atoms with van der Waals surface area (Å²) in [5.41, 5.74) is -2.85. The van der Waals surface area contributed by atoms with Crippen LogP contribution < -0.4 is 4.74 Å². The molecule has 0 fully saturated rings. The topological polar surface area (TPSA) is 45.9 Å². The van der Waals surface area contributed by atoms with E-state index in [1.165, 1.54) is 0 Å². The number of methoxy groups -OCH3 is 1. The molecule has 0 radical (unpaired) electrons. The van der Waals surface area contributed by atoms with Crippen LogP contribution in [-0.4, -0.2) is 12.1 Å². The van der Waals surface area contributed by atoms with Gasteiger partial charge in [0.15, 0.2) is 5.75 Å². The van der Waals surface area contributed by atoms with Gasteiger partial charge in [0.2, 0.25) is 0 Å². The summed E-state index contributed by atoms with van der Waals surface area (Å²) in [6, 6.07) is 1.78. The zero-order chi connectivity index (χ0) is 13.9. The Bertz CT molecular complexity index is 478. The summed E-state index contributed by atoms with van der Waals surface area (Å²) < 4.78 is 67.4. The van der Waals surface area contributed by atoms with E-state index >= 15 is 0 Å². The molecular weight excluding hydrogens is 259 g/mol. The SMILES string of the molecule is COc1c(C(F)(F)F)cc(C(F)F)nc1CC#N. The van der Waals surface area contributed by atoms with Gasteiger partial charge in [-0.2, -0.15) is 18.4 Å². The molecule has 1 aromatic heterocycles. The van der Waals surface area contributed by atoms with Crippen molar-refractivity contribution in [3.63, 3.8) is 0 Å². The minimum Gasteiger partial charge on any atom is -0.494 e. The van der Waals surface area contributed by atoms with Crippen molar-refractivity contribution in [2.45, 2.75) is 19.0 Å². The van der Waals surface area contributed by atoms with Crippen molar-refractivity contribution in [2.24, 2.45) is 0 Å². The predicted octanol–water partition coefficient (Wildman–Crippen LogP) is 3.11. The van der Waals surface area contributed by atoms with Gasteiger partial charge in [0.05, 0.1) is 25.3 Å². The minimum atomic E-state index is -4.86. The maximum Gasteiger partial charge on any atom is 0.420 e. The first kappa shape index (κ1) is 14.2. The second kappa shape index (κ2) is 5.16. The van der Waals surface area contributed by atoms with Crippen molar-refractivity contribution < 1.29 is 26.7 Å². The molecule has 0 saturated heterocycles. The van der Waals surface area contributed by atoms with Gasteiger partial charge in [-0.15, -0.1) is 0 Å². The number of nitriles is 1. The van der Waals surface area contributed by atoms with Crippen molar-refractivity contribution in [1.29, 1.82) is 5.26 Å². The van der Waals surface area contributed by atoms with Gasteiger partial charge in [0.25, 0.3) is 6.43 Å². The Labute approximate surface area is 98.8 Å². The van der Waals surface area contributed by atoms with Crippen LogP contribution in [0, 0.1) is 11.3 Å². The first-order chi connectivity index (χ1) is 8.31. The molecule has 0 aliphatic heterocycles. The lowest BCUT2D eigenvalue weighted by Gasteiger charge is -2.15. The smallest absolute Gasteiger partial charge is 0.420 e. The van der Waals surface area contributed by atoms with Crippen LogP contribution in [0.3, 0.4) is 0 Å². The quantitative estimate of drug-likeness (QED) is 0.789. The van der Waals surface area contributed by atoms with Crippen LogP contribution in [0.1, 0.15) is 23.4 Å². The predicted molar refractivity (Wildman–Crippen MR) is 50.1 cm³/mol. The fraction of sp³-hybridized carbons (Fsp3) is 0.400. The lowest BCUT2D eigenvalue weighted by Crippen LogP contribution is -2.12. The number of nitrogens with zero attached hydrogens (tertiary/aromatic N) is 2. The van der Waals surface area contributed by atoms with Crippen LogP contribution in [0.4, 0.5) is 22.0 Å². The highest BCUT2D eigenvalue weighted by Gasteiger charge is 2.37. The number of rotatable bonds is 3. The van der Waals surface area contributed by atoms with E-state index in [-0.39, 0.29) is 6.07 Å². The standard InChI is InChI=1S/C10H7F5N2O/c1-18-8-5(10(13,14)15)4-7(9(11)12)17-6(8)2-3-16/h4,9H,2H2,1H3. The van der Waals surface area contributed by atoms with Crippen LogP contribution in [0.15, 0.2) is 6.07 Å². The highest BCUT2D eigenvalue weighted by atomic mass is 19.4.